The maximum absolute atomic E-state index is 12.0. The number of ether oxygens (including phenoxy) is 1. The third-order valence-corrected chi connectivity index (χ3v) is 4.83. The third-order valence-electron chi connectivity index (χ3n) is 3.66. The van der Waals surface area contributed by atoms with Crippen LogP contribution in [0.3, 0.4) is 0 Å². The van der Waals surface area contributed by atoms with E-state index in [9.17, 15) is 9.59 Å². The van der Waals surface area contributed by atoms with Crippen LogP contribution in [-0.2, 0) is 4.79 Å². The minimum Gasteiger partial charge on any atom is -0.483 e. The van der Waals surface area contributed by atoms with Gasteiger partial charge in [-0.05, 0) is 78.3 Å². The summed E-state index contributed by atoms with van der Waals surface area (Å²) in [4.78, 5) is 23.8. The average Bonchev–Trinajstić information content (AvgIpc) is 2.56. The molecule has 2 aromatic carbocycles. The molecule has 0 saturated carbocycles. The average molecular weight is 438 g/mol. The van der Waals surface area contributed by atoms with Gasteiger partial charge in [0.15, 0.2) is 6.61 Å². The Balaban J connectivity index is 1.85. The first-order valence-electron chi connectivity index (χ1n) is 7.43. The molecule has 5 nitrogen and oxygen atoms in total. The number of hydrogen-bond donors (Lipinski definition) is 2. The zero-order valence-electron chi connectivity index (χ0n) is 13.8. The second-order valence-corrected chi connectivity index (χ2v) is 6.62. The summed E-state index contributed by atoms with van der Waals surface area (Å²) in [5.74, 6) is -0.136. The van der Waals surface area contributed by atoms with Crippen molar-refractivity contribution in [3.63, 3.8) is 0 Å². The van der Waals surface area contributed by atoms with Crippen LogP contribution in [0.1, 0.15) is 27.0 Å². The van der Waals surface area contributed by atoms with Gasteiger partial charge in [0.05, 0.1) is 0 Å². The minimum absolute atomic E-state index is 0.171. The van der Waals surface area contributed by atoms with Crippen molar-refractivity contribution in [2.45, 2.75) is 20.8 Å². The van der Waals surface area contributed by atoms with Crippen LogP contribution in [0, 0.1) is 24.3 Å². The monoisotopic (exact) mass is 438 g/mol. The first-order chi connectivity index (χ1) is 11.4. The highest BCUT2D eigenvalue weighted by Crippen LogP contribution is 2.20. The van der Waals surface area contributed by atoms with Crippen molar-refractivity contribution >= 4 is 34.4 Å². The smallest absolute Gasteiger partial charge is 0.276 e. The van der Waals surface area contributed by atoms with Gasteiger partial charge in [0.25, 0.3) is 11.8 Å². The number of carbonyl (C=O) groups is 2. The van der Waals surface area contributed by atoms with E-state index in [0.717, 1.165) is 20.3 Å². The van der Waals surface area contributed by atoms with Gasteiger partial charge in [0.2, 0.25) is 0 Å². The van der Waals surface area contributed by atoms with Gasteiger partial charge in [-0.15, -0.1) is 0 Å². The van der Waals surface area contributed by atoms with Crippen LogP contribution < -0.4 is 15.6 Å². The van der Waals surface area contributed by atoms with Gasteiger partial charge in [-0.2, -0.15) is 0 Å². The molecule has 24 heavy (non-hydrogen) atoms. The topological polar surface area (TPSA) is 67.4 Å². The minimum atomic E-state index is -0.425. The number of hydrogen-bond acceptors (Lipinski definition) is 3. The number of hydrazine groups is 1. The normalized spacial score (nSPS) is 10.2. The molecule has 0 fully saturated rings. The molecule has 0 aromatic heterocycles. The van der Waals surface area contributed by atoms with Gasteiger partial charge in [-0.1, -0.05) is 18.2 Å². The standard InChI is InChI=1S/C18H19IN2O3/c1-11-5-4-6-16(13(11)3)24-10-17(22)20-21-18(23)14-8-7-12(2)15(19)9-14/h4-9H,10H2,1-3H3,(H,20,22)(H,21,23). The van der Waals surface area contributed by atoms with E-state index >= 15 is 0 Å². The molecule has 0 radical (unpaired) electrons. The van der Waals surface area contributed by atoms with Crippen LogP contribution in [0.5, 0.6) is 5.75 Å². The third kappa shape index (κ3) is 4.70. The Hall–Kier alpha value is -2.09. The molecule has 0 aliphatic heterocycles. The summed E-state index contributed by atoms with van der Waals surface area (Å²) in [6.07, 6.45) is 0. The van der Waals surface area contributed by atoms with Crippen LogP contribution >= 0.6 is 22.6 Å². The Bertz CT molecular complexity index is 775. The molecule has 6 heteroatoms. The van der Waals surface area contributed by atoms with Gasteiger partial charge in [0.1, 0.15) is 5.75 Å². The molecule has 0 saturated heterocycles. The van der Waals surface area contributed by atoms with Crippen molar-refractivity contribution < 1.29 is 14.3 Å². The highest BCUT2D eigenvalue weighted by atomic mass is 127. The number of amides is 2. The number of carbonyl (C=O) groups excluding carboxylic acids is 2. The first kappa shape index (κ1) is 18.3. The molecule has 0 aliphatic rings. The van der Waals surface area contributed by atoms with Crippen molar-refractivity contribution in [3.05, 3.63) is 62.2 Å². The molecule has 126 valence electrons. The van der Waals surface area contributed by atoms with Crippen molar-refractivity contribution in [2.24, 2.45) is 0 Å². The highest BCUT2D eigenvalue weighted by Gasteiger charge is 2.10. The largest absolute Gasteiger partial charge is 0.483 e. The Morgan fingerprint density at radius 1 is 1.04 bits per heavy atom. The van der Waals surface area contributed by atoms with E-state index in [2.05, 4.69) is 33.4 Å². The van der Waals surface area contributed by atoms with E-state index in [4.69, 9.17) is 4.74 Å². The van der Waals surface area contributed by atoms with Crippen LogP contribution in [0.15, 0.2) is 36.4 Å². The summed E-state index contributed by atoms with van der Waals surface area (Å²) in [5.41, 5.74) is 8.40. The fourth-order valence-electron chi connectivity index (χ4n) is 1.99. The second-order valence-electron chi connectivity index (χ2n) is 5.45. The number of benzene rings is 2. The predicted octanol–water partition coefficient (Wildman–Crippen LogP) is 3.06. The molecule has 0 aliphatic carbocycles. The van der Waals surface area contributed by atoms with E-state index in [1.807, 2.05) is 45.0 Å². The van der Waals surface area contributed by atoms with Gasteiger partial charge < -0.3 is 4.74 Å². The van der Waals surface area contributed by atoms with Crippen molar-refractivity contribution in [1.82, 2.24) is 10.9 Å². The fourth-order valence-corrected chi connectivity index (χ4v) is 2.51. The summed E-state index contributed by atoms with van der Waals surface area (Å²) in [5, 5.41) is 0. The van der Waals surface area contributed by atoms with Gasteiger partial charge >= 0.3 is 0 Å². The van der Waals surface area contributed by atoms with Crippen molar-refractivity contribution in [3.8, 4) is 5.75 Å². The SMILES string of the molecule is Cc1ccc(C(=O)NNC(=O)COc2cccc(C)c2C)cc1I. The first-order valence-corrected chi connectivity index (χ1v) is 8.50. The van der Waals surface area contributed by atoms with E-state index < -0.39 is 5.91 Å². The Morgan fingerprint density at radius 2 is 1.79 bits per heavy atom. The van der Waals surface area contributed by atoms with Gasteiger partial charge in [-0.25, -0.2) is 0 Å². The molecular weight excluding hydrogens is 419 g/mol. The summed E-state index contributed by atoms with van der Waals surface area (Å²) < 4.78 is 6.48. The number of rotatable bonds is 4. The lowest BCUT2D eigenvalue weighted by Crippen LogP contribution is -2.43. The zero-order valence-corrected chi connectivity index (χ0v) is 15.9. The number of aryl methyl sites for hydroxylation is 2. The second kappa shape index (κ2) is 8.14. The Morgan fingerprint density at radius 3 is 2.50 bits per heavy atom. The van der Waals surface area contributed by atoms with E-state index in [1.54, 1.807) is 12.1 Å². The Labute approximate surface area is 154 Å². The number of nitrogens with one attached hydrogen (secondary N) is 2. The lowest BCUT2D eigenvalue weighted by atomic mass is 10.1. The molecule has 2 amide bonds. The Kier molecular flexibility index (Phi) is 6.19. The molecule has 0 heterocycles. The highest BCUT2D eigenvalue weighted by molar-refractivity contribution is 14.1. The predicted molar refractivity (Wildman–Crippen MR) is 101 cm³/mol. The zero-order chi connectivity index (χ0) is 17.7. The maximum Gasteiger partial charge on any atom is 0.276 e. The summed E-state index contributed by atoms with van der Waals surface area (Å²) in [6, 6.07) is 11.0. The van der Waals surface area contributed by atoms with Gasteiger partial charge in [0, 0.05) is 9.13 Å². The van der Waals surface area contributed by atoms with E-state index in [-0.39, 0.29) is 12.5 Å². The van der Waals surface area contributed by atoms with Gasteiger partial charge in [-0.3, -0.25) is 20.4 Å². The van der Waals surface area contributed by atoms with Crippen LogP contribution in [0.2, 0.25) is 0 Å². The molecular formula is C18H19IN2O3. The number of halogens is 1. The van der Waals surface area contributed by atoms with Crippen molar-refractivity contribution in [1.29, 1.82) is 0 Å². The molecule has 2 N–H and O–H groups in total. The van der Waals surface area contributed by atoms with Crippen LogP contribution in [0.4, 0.5) is 0 Å². The lowest BCUT2D eigenvalue weighted by Gasteiger charge is -2.11. The summed E-state index contributed by atoms with van der Waals surface area (Å²) >= 11 is 2.16. The lowest BCUT2D eigenvalue weighted by molar-refractivity contribution is -0.123. The van der Waals surface area contributed by atoms with E-state index in [0.29, 0.717) is 11.3 Å². The molecule has 0 atom stereocenters. The quantitative estimate of drug-likeness (QED) is 0.570. The maximum atomic E-state index is 12.0. The molecule has 2 aromatic rings. The molecule has 0 bridgehead atoms. The molecule has 0 spiro atoms. The fraction of sp³-hybridized carbons (Fsp3) is 0.222. The molecule has 0 unspecified atom stereocenters. The van der Waals surface area contributed by atoms with Crippen molar-refractivity contribution in [2.75, 3.05) is 6.61 Å². The molecule has 2 rings (SSSR count). The summed E-state index contributed by atoms with van der Waals surface area (Å²) in [6.45, 7) is 5.71. The van der Waals surface area contributed by atoms with Crippen LogP contribution in [-0.4, -0.2) is 18.4 Å². The summed E-state index contributed by atoms with van der Waals surface area (Å²) in [7, 11) is 0. The van der Waals surface area contributed by atoms with E-state index in [1.165, 1.54) is 0 Å². The van der Waals surface area contributed by atoms with Crippen LogP contribution in [0.25, 0.3) is 0 Å².